The quantitative estimate of drug-likeness (QED) is 0.563. The van der Waals surface area contributed by atoms with E-state index in [4.69, 9.17) is 4.74 Å². The lowest BCUT2D eigenvalue weighted by Crippen LogP contribution is -2.37. The highest BCUT2D eigenvalue weighted by molar-refractivity contribution is 4.72. The van der Waals surface area contributed by atoms with E-state index in [0.29, 0.717) is 6.54 Å². The third-order valence-electron chi connectivity index (χ3n) is 2.22. The smallest absolute Gasteiger partial charge is 0.0740 e. The molecule has 0 aromatic carbocycles. The van der Waals surface area contributed by atoms with Crippen LogP contribution in [0.2, 0.25) is 0 Å². The summed E-state index contributed by atoms with van der Waals surface area (Å²) in [6, 6.07) is 0. The Morgan fingerprint density at radius 3 is 2.62 bits per heavy atom. The van der Waals surface area contributed by atoms with Gasteiger partial charge in [-0.15, -0.1) is 0 Å². The van der Waals surface area contributed by atoms with Crippen molar-refractivity contribution in [2.75, 3.05) is 26.8 Å². The second-order valence-electron chi connectivity index (χ2n) is 3.73. The predicted molar refractivity (Wildman–Crippen MR) is 54.9 cm³/mol. The molecule has 1 unspecified atom stereocenters. The monoisotopic (exact) mass is 189 g/mol. The van der Waals surface area contributed by atoms with Crippen molar-refractivity contribution in [1.82, 2.24) is 5.32 Å². The Bertz CT molecular complexity index is 115. The fraction of sp³-hybridized carbons (Fsp3) is 1.00. The molecule has 3 nitrogen and oxygen atoms in total. The van der Waals surface area contributed by atoms with Crippen LogP contribution in [0.4, 0.5) is 0 Å². The van der Waals surface area contributed by atoms with Crippen LogP contribution >= 0.6 is 0 Å². The number of rotatable bonds is 8. The molecule has 0 aliphatic heterocycles. The topological polar surface area (TPSA) is 41.5 Å². The highest BCUT2D eigenvalue weighted by Crippen LogP contribution is 2.05. The highest BCUT2D eigenvalue weighted by Gasteiger charge is 2.15. The molecule has 0 spiro atoms. The van der Waals surface area contributed by atoms with E-state index >= 15 is 0 Å². The molecule has 0 radical (unpaired) electrons. The van der Waals surface area contributed by atoms with Gasteiger partial charge in [0.1, 0.15) is 0 Å². The van der Waals surface area contributed by atoms with Gasteiger partial charge in [0.05, 0.1) is 5.60 Å². The first-order valence-corrected chi connectivity index (χ1v) is 5.04. The van der Waals surface area contributed by atoms with E-state index < -0.39 is 5.60 Å². The van der Waals surface area contributed by atoms with E-state index in [-0.39, 0.29) is 0 Å². The van der Waals surface area contributed by atoms with Crippen molar-refractivity contribution in [3.05, 3.63) is 0 Å². The molecule has 0 saturated carbocycles. The molecule has 2 N–H and O–H groups in total. The number of hydrogen-bond donors (Lipinski definition) is 2. The van der Waals surface area contributed by atoms with Gasteiger partial charge in [-0.25, -0.2) is 0 Å². The maximum atomic E-state index is 9.64. The molecule has 0 amide bonds. The first kappa shape index (κ1) is 12.9. The first-order valence-electron chi connectivity index (χ1n) is 5.04. The second-order valence-corrected chi connectivity index (χ2v) is 3.73. The average molecular weight is 189 g/mol. The Morgan fingerprint density at radius 2 is 2.08 bits per heavy atom. The Balaban J connectivity index is 3.16. The lowest BCUT2D eigenvalue weighted by molar-refractivity contribution is 0.0558. The largest absolute Gasteiger partial charge is 0.389 e. The van der Waals surface area contributed by atoms with Crippen LogP contribution in [0, 0.1) is 0 Å². The molecule has 0 fully saturated rings. The van der Waals surface area contributed by atoms with Crippen molar-refractivity contribution in [1.29, 1.82) is 0 Å². The van der Waals surface area contributed by atoms with Crippen molar-refractivity contribution in [2.45, 2.75) is 38.7 Å². The fourth-order valence-corrected chi connectivity index (χ4v) is 0.979. The zero-order chi connectivity index (χ0) is 10.2. The molecule has 0 aliphatic carbocycles. The minimum absolute atomic E-state index is 0.554. The van der Waals surface area contributed by atoms with Crippen LogP contribution in [-0.2, 0) is 4.74 Å². The number of nitrogens with one attached hydrogen (secondary N) is 1. The molecule has 0 aromatic heterocycles. The number of hydrogen-bond acceptors (Lipinski definition) is 3. The van der Waals surface area contributed by atoms with Gasteiger partial charge in [0.25, 0.3) is 0 Å². The van der Waals surface area contributed by atoms with Gasteiger partial charge < -0.3 is 15.2 Å². The summed E-state index contributed by atoms with van der Waals surface area (Å²) < 4.78 is 4.93. The van der Waals surface area contributed by atoms with Crippen LogP contribution in [-0.4, -0.2) is 37.5 Å². The molecular weight excluding hydrogens is 166 g/mol. The number of methoxy groups -OCH3 is 1. The molecule has 0 aromatic rings. The molecule has 0 heterocycles. The van der Waals surface area contributed by atoms with Gasteiger partial charge in [0, 0.05) is 20.3 Å². The van der Waals surface area contributed by atoms with Crippen LogP contribution in [0.1, 0.15) is 33.1 Å². The van der Waals surface area contributed by atoms with E-state index in [0.717, 1.165) is 32.4 Å². The van der Waals surface area contributed by atoms with Gasteiger partial charge in [-0.3, -0.25) is 0 Å². The fourth-order valence-electron chi connectivity index (χ4n) is 0.979. The summed E-state index contributed by atoms with van der Waals surface area (Å²) in [4.78, 5) is 0. The minimum atomic E-state index is -0.554. The Hall–Kier alpha value is -0.120. The van der Waals surface area contributed by atoms with Gasteiger partial charge in [-0.05, 0) is 32.7 Å². The summed E-state index contributed by atoms with van der Waals surface area (Å²) in [5, 5.41) is 12.9. The van der Waals surface area contributed by atoms with E-state index in [2.05, 4.69) is 5.32 Å². The zero-order valence-corrected chi connectivity index (χ0v) is 9.10. The maximum Gasteiger partial charge on any atom is 0.0740 e. The molecule has 0 saturated heterocycles. The molecule has 0 rings (SSSR count). The van der Waals surface area contributed by atoms with Crippen LogP contribution in [0.25, 0.3) is 0 Å². The molecule has 13 heavy (non-hydrogen) atoms. The van der Waals surface area contributed by atoms with Gasteiger partial charge in [-0.1, -0.05) is 6.92 Å². The van der Waals surface area contributed by atoms with E-state index in [9.17, 15) is 5.11 Å². The highest BCUT2D eigenvalue weighted by atomic mass is 16.5. The lowest BCUT2D eigenvalue weighted by atomic mass is 10.0. The SMILES string of the molecule is CCC(C)(O)CNCCCCOC. The van der Waals surface area contributed by atoms with Crippen LogP contribution in [0.5, 0.6) is 0 Å². The van der Waals surface area contributed by atoms with Crippen LogP contribution in [0.3, 0.4) is 0 Å². The first-order chi connectivity index (χ1) is 6.12. The summed E-state index contributed by atoms with van der Waals surface area (Å²) in [6.07, 6.45) is 2.98. The summed E-state index contributed by atoms with van der Waals surface area (Å²) in [5.74, 6) is 0. The third kappa shape index (κ3) is 8.22. The van der Waals surface area contributed by atoms with Crippen molar-refractivity contribution in [3.63, 3.8) is 0 Å². The molecule has 80 valence electrons. The number of aliphatic hydroxyl groups is 1. The van der Waals surface area contributed by atoms with Crippen LogP contribution < -0.4 is 5.32 Å². The molecule has 0 aliphatic rings. The molecule has 1 atom stereocenters. The van der Waals surface area contributed by atoms with Crippen molar-refractivity contribution >= 4 is 0 Å². The summed E-state index contributed by atoms with van der Waals surface area (Å²) in [5.41, 5.74) is -0.554. The van der Waals surface area contributed by atoms with Gasteiger partial charge >= 0.3 is 0 Å². The van der Waals surface area contributed by atoms with E-state index in [1.807, 2.05) is 13.8 Å². The Morgan fingerprint density at radius 1 is 1.38 bits per heavy atom. The summed E-state index contributed by atoms with van der Waals surface area (Å²) >= 11 is 0. The standard InChI is InChI=1S/C10H23NO2/c1-4-10(2,12)9-11-7-5-6-8-13-3/h11-12H,4-9H2,1-3H3. The zero-order valence-electron chi connectivity index (χ0n) is 9.10. The molecular formula is C10H23NO2. The Kier molecular flexibility index (Phi) is 7.23. The van der Waals surface area contributed by atoms with Gasteiger partial charge in [0.2, 0.25) is 0 Å². The van der Waals surface area contributed by atoms with Crippen molar-refractivity contribution < 1.29 is 9.84 Å². The summed E-state index contributed by atoms with van der Waals surface area (Å²) in [7, 11) is 1.72. The second kappa shape index (κ2) is 7.30. The van der Waals surface area contributed by atoms with Gasteiger partial charge in [-0.2, -0.15) is 0 Å². The lowest BCUT2D eigenvalue weighted by Gasteiger charge is -2.21. The maximum absolute atomic E-state index is 9.64. The number of ether oxygens (including phenoxy) is 1. The average Bonchev–Trinajstić information content (AvgIpc) is 2.11. The summed E-state index contributed by atoms with van der Waals surface area (Å²) in [6.45, 7) is 6.31. The van der Waals surface area contributed by atoms with Crippen LogP contribution in [0.15, 0.2) is 0 Å². The molecule has 3 heteroatoms. The third-order valence-corrected chi connectivity index (χ3v) is 2.22. The van der Waals surface area contributed by atoms with Gasteiger partial charge in [0.15, 0.2) is 0 Å². The van der Waals surface area contributed by atoms with E-state index in [1.165, 1.54) is 0 Å². The van der Waals surface area contributed by atoms with Crippen molar-refractivity contribution in [2.24, 2.45) is 0 Å². The van der Waals surface area contributed by atoms with E-state index in [1.54, 1.807) is 7.11 Å². The Labute approximate surface area is 81.5 Å². The predicted octanol–water partition coefficient (Wildman–Crippen LogP) is 1.16. The number of unbranched alkanes of at least 4 members (excludes halogenated alkanes) is 1. The van der Waals surface area contributed by atoms with Crippen molar-refractivity contribution in [3.8, 4) is 0 Å². The molecule has 0 bridgehead atoms. The normalized spacial score (nSPS) is 15.7. The minimum Gasteiger partial charge on any atom is -0.389 e.